The van der Waals surface area contributed by atoms with Crippen LogP contribution in [0, 0.1) is 5.92 Å². The Morgan fingerprint density at radius 3 is 1.88 bits per heavy atom. The maximum Gasteiger partial charge on any atom is 0.128 e. The van der Waals surface area contributed by atoms with Crippen LogP contribution in [0.4, 0.5) is 0 Å². The normalized spacial score (nSPS) is 11.7. The van der Waals surface area contributed by atoms with E-state index in [0.29, 0.717) is 5.92 Å². The molecule has 0 radical (unpaired) electrons. The number of hydrogen-bond acceptors (Lipinski definition) is 1. The summed E-state index contributed by atoms with van der Waals surface area (Å²) < 4.78 is 8.08. The lowest BCUT2D eigenvalue weighted by molar-refractivity contribution is -0.902. The molecule has 0 aliphatic rings. The van der Waals surface area contributed by atoms with Crippen molar-refractivity contribution in [2.45, 2.75) is 40.8 Å². The van der Waals surface area contributed by atoms with Crippen molar-refractivity contribution in [3.05, 3.63) is 29.3 Å². The van der Waals surface area contributed by atoms with Crippen molar-refractivity contribution < 1.29 is 61.7 Å². The minimum absolute atomic E-state index is 0. The zero-order chi connectivity index (χ0) is 17.7. The largest absolute Gasteiger partial charge is 1.00 e. The number of benzene rings is 1. The molecule has 0 N–H and O–H groups in total. The first kappa shape index (κ1) is 27.6. The van der Waals surface area contributed by atoms with Crippen LogP contribution in [0.5, 0.6) is 5.75 Å². The third-order valence-electron chi connectivity index (χ3n) is 4.62. The lowest BCUT2D eigenvalue weighted by Crippen LogP contribution is -3.00. The van der Waals surface area contributed by atoms with Crippen LogP contribution in [-0.4, -0.2) is 56.9 Å². The molecular weight excluding hydrogens is 538 g/mol. The van der Waals surface area contributed by atoms with Gasteiger partial charge < -0.3 is 61.7 Å². The minimum Gasteiger partial charge on any atom is -1.00 e. The number of rotatable bonds is 9. The van der Waals surface area contributed by atoms with E-state index in [9.17, 15) is 0 Å². The number of halogens is 2. The second-order valence-electron chi connectivity index (χ2n) is 8.47. The molecule has 0 unspecified atom stereocenters. The van der Waals surface area contributed by atoms with Crippen molar-refractivity contribution in [1.82, 2.24) is 0 Å². The van der Waals surface area contributed by atoms with Crippen LogP contribution in [0.2, 0.25) is 0 Å². The van der Waals surface area contributed by atoms with Crippen LogP contribution in [0.15, 0.2) is 18.2 Å². The van der Waals surface area contributed by atoms with Gasteiger partial charge in [0, 0.05) is 11.1 Å². The quantitative estimate of drug-likeness (QED) is 0.243. The van der Waals surface area contributed by atoms with Gasteiger partial charge in [0.15, 0.2) is 0 Å². The summed E-state index contributed by atoms with van der Waals surface area (Å²) in [5.74, 6) is 1.61. The highest BCUT2D eigenvalue weighted by molar-refractivity contribution is 5.36. The Morgan fingerprint density at radius 1 is 0.880 bits per heavy atom. The van der Waals surface area contributed by atoms with Crippen molar-refractivity contribution in [2.75, 3.05) is 47.9 Å². The minimum atomic E-state index is 0. The fourth-order valence-electron chi connectivity index (χ4n) is 2.43. The van der Waals surface area contributed by atoms with Gasteiger partial charge in [0.2, 0.25) is 0 Å². The van der Waals surface area contributed by atoms with Crippen LogP contribution >= 0.6 is 0 Å². The Bertz CT molecular complexity index is 502. The van der Waals surface area contributed by atoms with Crippen LogP contribution < -0.4 is 52.7 Å². The summed E-state index contributed by atoms with van der Waals surface area (Å²) in [6.07, 6.45) is 0. The molecule has 1 aromatic carbocycles. The second kappa shape index (κ2) is 12.0. The van der Waals surface area contributed by atoms with Crippen LogP contribution in [-0.2, 0) is 13.1 Å². The molecule has 0 aliphatic heterocycles. The molecule has 0 amide bonds. The molecule has 0 spiro atoms. The van der Waals surface area contributed by atoms with Crippen molar-refractivity contribution >= 4 is 0 Å². The Kier molecular flexibility index (Phi) is 13.2. The summed E-state index contributed by atoms with van der Waals surface area (Å²) in [7, 11) is 9.14. The van der Waals surface area contributed by atoms with Crippen molar-refractivity contribution in [3.63, 3.8) is 0 Å². The number of ether oxygens (including phenoxy) is 1. The van der Waals surface area contributed by atoms with Crippen molar-refractivity contribution in [1.29, 1.82) is 0 Å². The molecule has 0 bridgehead atoms. The first-order valence-electron chi connectivity index (χ1n) is 8.97. The zero-order valence-corrected chi connectivity index (χ0v) is 21.7. The van der Waals surface area contributed by atoms with Gasteiger partial charge in [-0.05, 0) is 38.0 Å². The number of hydrogen-bond donors (Lipinski definition) is 0. The summed E-state index contributed by atoms with van der Waals surface area (Å²) in [5.41, 5.74) is 2.74. The molecule has 0 atom stereocenters. The zero-order valence-electron chi connectivity index (χ0n) is 17.4. The predicted molar refractivity (Wildman–Crippen MR) is 99.5 cm³/mol. The molecule has 0 fully saturated rings. The number of quaternary nitrogens is 2. The van der Waals surface area contributed by atoms with Gasteiger partial charge in [0.05, 0.1) is 47.9 Å². The Hall–Kier alpha value is 0.400. The highest BCUT2D eigenvalue weighted by Crippen LogP contribution is 2.25. The molecular formula is C20H38I2N2O. The van der Waals surface area contributed by atoms with E-state index in [2.05, 4.69) is 74.1 Å². The Balaban J connectivity index is 0. The predicted octanol–water partition coefficient (Wildman–Crippen LogP) is -2.08. The number of nitrogens with zero attached hydrogens (tertiary/aromatic N) is 2. The monoisotopic (exact) mass is 576 g/mol. The van der Waals surface area contributed by atoms with Gasteiger partial charge in [-0.25, -0.2) is 0 Å². The van der Waals surface area contributed by atoms with E-state index in [4.69, 9.17) is 4.74 Å². The summed E-state index contributed by atoms with van der Waals surface area (Å²) in [6, 6.07) is 6.78. The molecule has 25 heavy (non-hydrogen) atoms. The van der Waals surface area contributed by atoms with Crippen molar-refractivity contribution in [2.24, 2.45) is 5.92 Å². The maximum absolute atomic E-state index is 6.09. The summed E-state index contributed by atoms with van der Waals surface area (Å²) >= 11 is 0. The fourth-order valence-corrected chi connectivity index (χ4v) is 2.43. The van der Waals surface area contributed by atoms with E-state index in [0.717, 1.165) is 47.5 Å². The summed E-state index contributed by atoms with van der Waals surface area (Å²) in [5, 5.41) is 0. The van der Waals surface area contributed by atoms with Gasteiger partial charge in [-0.15, -0.1) is 0 Å². The van der Waals surface area contributed by atoms with Crippen LogP contribution in [0.3, 0.4) is 0 Å². The third kappa shape index (κ3) is 10.3. The van der Waals surface area contributed by atoms with E-state index in [1.807, 2.05) is 0 Å². The first-order valence-corrected chi connectivity index (χ1v) is 8.97. The molecule has 1 rings (SSSR count). The second-order valence-corrected chi connectivity index (χ2v) is 8.47. The van der Waals surface area contributed by atoms with Gasteiger partial charge in [0.1, 0.15) is 18.8 Å². The summed E-state index contributed by atoms with van der Waals surface area (Å²) in [4.78, 5) is 0. The van der Waals surface area contributed by atoms with Crippen LogP contribution in [0.25, 0.3) is 0 Å². The van der Waals surface area contributed by atoms with Gasteiger partial charge >= 0.3 is 0 Å². The average Bonchev–Trinajstić information content (AvgIpc) is 2.45. The lowest BCUT2D eigenvalue weighted by atomic mass is 10.1. The molecule has 0 aliphatic carbocycles. The van der Waals surface area contributed by atoms with Crippen LogP contribution in [0.1, 0.15) is 38.8 Å². The first-order chi connectivity index (χ1) is 10.6. The maximum atomic E-state index is 6.09. The highest BCUT2D eigenvalue weighted by Gasteiger charge is 2.19. The van der Waals surface area contributed by atoms with E-state index in [-0.39, 0.29) is 48.0 Å². The van der Waals surface area contributed by atoms with Gasteiger partial charge in [-0.2, -0.15) is 0 Å². The van der Waals surface area contributed by atoms with E-state index in [1.165, 1.54) is 11.1 Å². The molecule has 0 saturated carbocycles. The Labute approximate surface area is 190 Å². The molecule has 0 aromatic heterocycles. The molecule has 148 valence electrons. The Morgan fingerprint density at radius 2 is 1.40 bits per heavy atom. The highest BCUT2D eigenvalue weighted by atomic mass is 127. The molecule has 0 heterocycles. The smallest absolute Gasteiger partial charge is 0.128 e. The van der Waals surface area contributed by atoms with Gasteiger partial charge in [-0.3, -0.25) is 0 Å². The molecule has 1 aromatic rings. The lowest BCUT2D eigenvalue weighted by Gasteiger charge is -2.31. The van der Waals surface area contributed by atoms with Gasteiger partial charge in [0.25, 0.3) is 0 Å². The molecule has 0 saturated heterocycles. The van der Waals surface area contributed by atoms with Crippen molar-refractivity contribution in [3.8, 4) is 5.75 Å². The molecule has 5 heteroatoms. The molecule has 3 nitrogen and oxygen atoms in total. The fraction of sp³-hybridized carbons (Fsp3) is 0.700. The average molecular weight is 576 g/mol. The standard InChI is InChI=1S/C20H38N2O.2HI/c1-9-21(5,6)14-18-11-12-20(23-16-17(3)4)19(13-18)15-22(7,8)10-2;;/h11-13,17H,9-10,14-16H2,1-8H3;2*1H/q+2;;/p-2. The SMILES string of the molecule is CC[N+](C)(C)Cc1ccc(OCC(C)C)c(C[N+](C)(C)CC)c1.[I-].[I-]. The van der Waals surface area contributed by atoms with Gasteiger partial charge in [-0.1, -0.05) is 13.8 Å². The van der Waals surface area contributed by atoms with E-state index >= 15 is 0 Å². The summed E-state index contributed by atoms with van der Waals surface area (Å²) in [6.45, 7) is 14.0. The third-order valence-corrected chi connectivity index (χ3v) is 4.62. The topological polar surface area (TPSA) is 9.23 Å². The van der Waals surface area contributed by atoms with E-state index in [1.54, 1.807) is 0 Å². The van der Waals surface area contributed by atoms with E-state index < -0.39 is 0 Å².